The van der Waals surface area contributed by atoms with Crippen molar-refractivity contribution in [2.24, 2.45) is 0 Å². The average molecular weight is 334 g/mol. The Morgan fingerprint density at radius 1 is 1.05 bits per heavy atom. The summed E-state index contributed by atoms with van der Waals surface area (Å²) >= 11 is 3.32. The van der Waals surface area contributed by atoms with Crippen LogP contribution in [0, 0.1) is 0 Å². The van der Waals surface area contributed by atoms with Gasteiger partial charge < -0.3 is 4.74 Å². The molecule has 2 rings (SSSR count). The zero-order chi connectivity index (χ0) is 14.2. The lowest BCUT2D eigenvalue weighted by Crippen LogP contribution is -2.12. The normalized spacial score (nSPS) is 11.2. The fourth-order valence-corrected chi connectivity index (χ4v) is 1.98. The first-order chi connectivity index (χ1) is 9.83. The Balaban J connectivity index is 2.06. The third-order valence-electron chi connectivity index (χ3n) is 2.58. The van der Waals surface area contributed by atoms with Crippen molar-refractivity contribution in [3.63, 3.8) is 0 Å². The maximum absolute atomic E-state index is 5.75. The van der Waals surface area contributed by atoms with E-state index in [0.717, 1.165) is 22.8 Å². The molecule has 0 radical (unpaired) electrons. The summed E-state index contributed by atoms with van der Waals surface area (Å²) in [6.07, 6.45) is 0. The first-order valence-corrected chi connectivity index (χ1v) is 7.26. The van der Waals surface area contributed by atoms with E-state index in [9.17, 15) is 0 Å². The number of ether oxygens (including phenoxy) is 1. The molecule has 0 heterocycles. The Kier molecular flexibility index (Phi) is 5.65. The fraction of sp³-hybridized carbons (Fsp3) is 0.125. The number of hydrogen-bond acceptors (Lipinski definition) is 3. The van der Waals surface area contributed by atoms with Gasteiger partial charge >= 0.3 is 0 Å². The van der Waals surface area contributed by atoms with Crippen LogP contribution in [0.1, 0.15) is 12.5 Å². The number of halogens is 1. The van der Waals surface area contributed by atoms with Gasteiger partial charge in [-0.1, -0.05) is 34.1 Å². The van der Waals surface area contributed by atoms with Crippen LogP contribution in [0.4, 0.5) is 0 Å². The third kappa shape index (κ3) is 4.11. The summed E-state index contributed by atoms with van der Waals surface area (Å²) in [4.78, 5) is 6.97. The number of benzene rings is 2. The van der Waals surface area contributed by atoms with Crippen LogP contribution in [0.25, 0.3) is 5.70 Å². The van der Waals surface area contributed by atoms with Gasteiger partial charge in [-0.2, -0.15) is 0 Å². The highest BCUT2D eigenvalue weighted by Crippen LogP contribution is 2.23. The highest BCUT2D eigenvalue weighted by atomic mass is 79.9. The minimum atomic E-state index is 0.597. The Morgan fingerprint density at radius 3 is 2.30 bits per heavy atom. The molecule has 0 saturated heterocycles. The summed E-state index contributed by atoms with van der Waals surface area (Å²) < 4.78 is 5.75. The zero-order valence-electron chi connectivity index (χ0n) is 11.2. The van der Waals surface area contributed by atoms with Gasteiger partial charge in [-0.25, -0.2) is 0 Å². The topological polar surface area (TPSA) is 30.5 Å². The highest BCUT2D eigenvalue weighted by molar-refractivity contribution is 9.11. The monoisotopic (exact) mass is 333 g/mol. The van der Waals surface area contributed by atoms with Crippen molar-refractivity contribution < 1.29 is 9.57 Å². The van der Waals surface area contributed by atoms with Gasteiger partial charge in [0.25, 0.3) is 0 Å². The predicted molar refractivity (Wildman–Crippen MR) is 84.6 cm³/mol. The lowest BCUT2D eigenvalue weighted by molar-refractivity contribution is 0.0901. The van der Waals surface area contributed by atoms with Crippen molar-refractivity contribution in [1.29, 1.82) is 0 Å². The number of hydrogen-bond donors (Lipinski definition) is 1. The minimum Gasteiger partial charge on any atom is -0.457 e. The molecule has 0 fully saturated rings. The van der Waals surface area contributed by atoms with Crippen LogP contribution in [0.2, 0.25) is 0 Å². The van der Waals surface area contributed by atoms with Crippen molar-refractivity contribution in [2.45, 2.75) is 6.92 Å². The summed E-state index contributed by atoms with van der Waals surface area (Å²) in [5.74, 6) is 1.62. The fourth-order valence-electron chi connectivity index (χ4n) is 1.62. The Morgan fingerprint density at radius 2 is 1.70 bits per heavy atom. The van der Waals surface area contributed by atoms with E-state index in [1.54, 1.807) is 4.99 Å². The first-order valence-electron chi connectivity index (χ1n) is 6.35. The van der Waals surface area contributed by atoms with E-state index in [1.807, 2.05) is 61.5 Å². The maximum Gasteiger partial charge on any atom is 0.127 e. The molecule has 0 unspecified atom stereocenters. The molecule has 0 amide bonds. The maximum atomic E-state index is 5.75. The van der Waals surface area contributed by atoms with Crippen LogP contribution < -0.4 is 10.2 Å². The van der Waals surface area contributed by atoms with Crippen molar-refractivity contribution in [3.05, 3.63) is 65.1 Å². The second-order valence-corrected chi connectivity index (χ2v) is 4.46. The molecule has 0 bridgehead atoms. The van der Waals surface area contributed by atoms with Gasteiger partial charge in [0, 0.05) is 10.5 Å². The van der Waals surface area contributed by atoms with Crippen LogP contribution >= 0.6 is 15.9 Å². The quantitative estimate of drug-likeness (QED) is 0.776. The van der Waals surface area contributed by atoms with Gasteiger partial charge in [0.1, 0.15) is 11.5 Å². The Bertz CT molecular complexity index is 552. The van der Waals surface area contributed by atoms with E-state index < -0.39 is 0 Å². The van der Waals surface area contributed by atoms with Crippen molar-refractivity contribution >= 4 is 21.6 Å². The Hall–Kier alpha value is -1.78. The molecule has 2 aromatic carbocycles. The summed E-state index contributed by atoms with van der Waals surface area (Å²) in [6, 6.07) is 17.5. The summed E-state index contributed by atoms with van der Waals surface area (Å²) in [5.41, 5.74) is 4.75. The SMILES string of the molecule is CCONC(=CBr)c1ccc(Oc2ccccc2)cc1. The van der Waals surface area contributed by atoms with E-state index >= 15 is 0 Å². The second-order valence-electron chi connectivity index (χ2n) is 4.00. The molecule has 0 aliphatic rings. The minimum absolute atomic E-state index is 0.597. The summed E-state index contributed by atoms with van der Waals surface area (Å²) in [6.45, 7) is 2.52. The molecule has 0 spiro atoms. The van der Waals surface area contributed by atoms with Gasteiger partial charge in [-0.05, 0) is 43.3 Å². The molecule has 0 aliphatic carbocycles. The molecular formula is C16H16BrNO2. The lowest BCUT2D eigenvalue weighted by atomic mass is 10.2. The smallest absolute Gasteiger partial charge is 0.127 e. The third-order valence-corrected chi connectivity index (χ3v) is 3.04. The van der Waals surface area contributed by atoms with Gasteiger partial charge in [0.05, 0.1) is 12.3 Å². The molecule has 3 nitrogen and oxygen atoms in total. The number of para-hydroxylation sites is 1. The predicted octanol–water partition coefficient (Wildman–Crippen LogP) is 4.71. The van der Waals surface area contributed by atoms with Crippen molar-refractivity contribution in [1.82, 2.24) is 5.48 Å². The molecule has 2 aromatic rings. The summed E-state index contributed by atoms with van der Waals surface area (Å²) in [7, 11) is 0. The number of hydroxylamine groups is 1. The molecule has 0 aromatic heterocycles. The van der Waals surface area contributed by atoms with Crippen LogP contribution in [-0.2, 0) is 4.84 Å². The van der Waals surface area contributed by atoms with E-state index in [1.165, 1.54) is 0 Å². The van der Waals surface area contributed by atoms with Crippen LogP contribution in [0.15, 0.2) is 59.6 Å². The second kappa shape index (κ2) is 7.72. The van der Waals surface area contributed by atoms with Gasteiger partial charge in [-0.15, -0.1) is 0 Å². The largest absolute Gasteiger partial charge is 0.457 e. The molecule has 1 N–H and O–H groups in total. The molecule has 20 heavy (non-hydrogen) atoms. The van der Waals surface area contributed by atoms with Gasteiger partial charge in [-0.3, -0.25) is 10.3 Å². The molecule has 0 saturated carbocycles. The molecule has 0 aliphatic heterocycles. The molecule has 0 atom stereocenters. The Labute approximate surface area is 127 Å². The van der Waals surface area contributed by atoms with Gasteiger partial charge in [0.15, 0.2) is 0 Å². The highest BCUT2D eigenvalue weighted by Gasteiger charge is 2.02. The van der Waals surface area contributed by atoms with E-state index in [2.05, 4.69) is 21.4 Å². The van der Waals surface area contributed by atoms with Crippen LogP contribution in [0.3, 0.4) is 0 Å². The van der Waals surface area contributed by atoms with Crippen molar-refractivity contribution in [3.8, 4) is 11.5 Å². The molecule has 4 heteroatoms. The van der Waals surface area contributed by atoms with Crippen molar-refractivity contribution in [2.75, 3.05) is 6.61 Å². The van der Waals surface area contributed by atoms with E-state index in [4.69, 9.17) is 9.57 Å². The van der Waals surface area contributed by atoms with Crippen LogP contribution in [0.5, 0.6) is 11.5 Å². The molecule has 104 valence electrons. The van der Waals surface area contributed by atoms with E-state index in [0.29, 0.717) is 6.61 Å². The average Bonchev–Trinajstić information content (AvgIpc) is 2.50. The van der Waals surface area contributed by atoms with Crippen LogP contribution in [-0.4, -0.2) is 6.61 Å². The summed E-state index contributed by atoms with van der Waals surface area (Å²) in [5, 5.41) is 0. The number of rotatable bonds is 6. The number of nitrogens with one attached hydrogen (secondary N) is 1. The van der Waals surface area contributed by atoms with Gasteiger partial charge in [0.2, 0.25) is 0 Å². The van der Waals surface area contributed by atoms with E-state index in [-0.39, 0.29) is 0 Å². The molecular weight excluding hydrogens is 318 g/mol. The lowest BCUT2D eigenvalue weighted by Gasteiger charge is -2.10. The first kappa shape index (κ1) is 14.6. The zero-order valence-corrected chi connectivity index (χ0v) is 12.8. The standard InChI is InChI=1S/C16H16BrNO2/c1-2-19-18-16(12-17)13-8-10-15(11-9-13)20-14-6-4-3-5-7-14/h3-12,18H,2H2,1H3.